The molecule has 4 nitrogen and oxygen atoms in total. The summed E-state index contributed by atoms with van der Waals surface area (Å²) in [6.45, 7) is 1.21. The van der Waals surface area contributed by atoms with Gasteiger partial charge in [0, 0.05) is 17.4 Å². The molecule has 0 bridgehead atoms. The minimum atomic E-state index is -0.852. The van der Waals surface area contributed by atoms with Gasteiger partial charge < -0.3 is 15.2 Å². The van der Waals surface area contributed by atoms with Gasteiger partial charge in [0.25, 0.3) is 0 Å². The monoisotopic (exact) mass is 309 g/mol. The van der Waals surface area contributed by atoms with Gasteiger partial charge in [0.2, 0.25) is 0 Å². The third-order valence-corrected chi connectivity index (χ3v) is 3.88. The number of rotatable bonds is 1. The maximum absolute atomic E-state index is 12.0. The van der Waals surface area contributed by atoms with Gasteiger partial charge >= 0.3 is 5.97 Å². The van der Waals surface area contributed by atoms with Crippen LogP contribution in [0.25, 0.3) is 5.57 Å². The zero-order valence-corrected chi connectivity index (χ0v) is 11.2. The number of nitrogens with one attached hydrogen (secondary N) is 1. The van der Waals surface area contributed by atoms with Gasteiger partial charge in [0.05, 0.1) is 0 Å². The molecule has 1 unspecified atom stereocenters. The Morgan fingerprint density at radius 1 is 1.44 bits per heavy atom. The van der Waals surface area contributed by atoms with E-state index in [1.807, 2.05) is 12.1 Å². The predicted molar refractivity (Wildman–Crippen MR) is 70.0 cm³/mol. The molecule has 0 saturated carbocycles. The number of benzene rings is 1. The highest BCUT2D eigenvalue weighted by Gasteiger charge is 2.50. The molecule has 5 heteroatoms. The SMILES string of the molecule is O=C1OC2(CCNC2)C(O)=C1c1cccc(Br)c1. The third-order valence-electron chi connectivity index (χ3n) is 3.39. The lowest BCUT2D eigenvalue weighted by molar-refractivity contribution is -0.145. The van der Waals surface area contributed by atoms with Crippen LogP contribution in [0.2, 0.25) is 0 Å². The first-order valence-corrected chi connectivity index (χ1v) is 6.55. The van der Waals surface area contributed by atoms with Crippen LogP contribution in [0.3, 0.4) is 0 Å². The van der Waals surface area contributed by atoms with Gasteiger partial charge in [-0.05, 0) is 24.2 Å². The number of hydrogen-bond donors (Lipinski definition) is 2. The van der Waals surface area contributed by atoms with Crippen molar-refractivity contribution in [3.63, 3.8) is 0 Å². The van der Waals surface area contributed by atoms with Crippen molar-refractivity contribution < 1.29 is 14.6 Å². The fraction of sp³-hybridized carbons (Fsp3) is 0.308. The Labute approximate surface area is 113 Å². The van der Waals surface area contributed by atoms with Crippen LogP contribution in [0.4, 0.5) is 0 Å². The molecule has 1 atom stereocenters. The number of hydrogen-bond acceptors (Lipinski definition) is 4. The third kappa shape index (κ3) is 1.66. The lowest BCUT2D eigenvalue weighted by Crippen LogP contribution is -2.34. The lowest BCUT2D eigenvalue weighted by atomic mass is 9.96. The minimum absolute atomic E-state index is 0.0515. The predicted octanol–water partition coefficient (Wildman–Crippen LogP) is 2.01. The summed E-state index contributed by atoms with van der Waals surface area (Å²) in [6.07, 6.45) is 0.613. The molecule has 0 aliphatic carbocycles. The van der Waals surface area contributed by atoms with E-state index in [9.17, 15) is 9.90 Å². The van der Waals surface area contributed by atoms with E-state index in [2.05, 4.69) is 21.2 Å². The molecule has 1 spiro atoms. The molecule has 3 rings (SSSR count). The fourth-order valence-electron chi connectivity index (χ4n) is 2.46. The van der Waals surface area contributed by atoms with E-state index in [4.69, 9.17) is 4.74 Å². The summed E-state index contributed by atoms with van der Waals surface area (Å²) >= 11 is 3.36. The molecule has 94 valence electrons. The average Bonchev–Trinajstić information content (AvgIpc) is 2.87. The molecule has 18 heavy (non-hydrogen) atoms. The molecule has 0 amide bonds. The van der Waals surface area contributed by atoms with Crippen molar-refractivity contribution in [2.75, 3.05) is 13.1 Å². The summed E-state index contributed by atoms with van der Waals surface area (Å²) in [6, 6.07) is 7.28. The largest absolute Gasteiger partial charge is 0.507 e. The van der Waals surface area contributed by atoms with E-state index in [1.165, 1.54) is 0 Å². The second-order valence-corrected chi connectivity index (χ2v) is 5.46. The Bertz CT molecular complexity index is 547. The van der Waals surface area contributed by atoms with Crippen LogP contribution in [0, 0.1) is 0 Å². The van der Waals surface area contributed by atoms with E-state index in [1.54, 1.807) is 12.1 Å². The van der Waals surface area contributed by atoms with Crippen molar-refractivity contribution in [3.8, 4) is 0 Å². The first-order valence-electron chi connectivity index (χ1n) is 5.76. The van der Waals surface area contributed by atoms with Crippen molar-refractivity contribution in [2.24, 2.45) is 0 Å². The summed E-state index contributed by atoms with van der Waals surface area (Å²) in [5.41, 5.74) is 0.102. The molecule has 1 fully saturated rings. The van der Waals surface area contributed by atoms with Gasteiger partial charge in [-0.2, -0.15) is 0 Å². The highest BCUT2D eigenvalue weighted by Crippen LogP contribution is 2.40. The van der Waals surface area contributed by atoms with E-state index >= 15 is 0 Å². The highest BCUT2D eigenvalue weighted by molar-refractivity contribution is 9.10. The van der Waals surface area contributed by atoms with Gasteiger partial charge in [-0.25, -0.2) is 4.79 Å². The molecule has 0 aromatic heterocycles. The Morgan fingerprint density at radius 3 is 2.94 bits per heavy atom. The number of carbonyl (C=O) groups is 1. The standard InChI is InChI=1S/C13H12BrNO3/c14-9-3-1-2-8(6-9)10-11(16)13(18-12(10)17)4-5-15-7-13/h1-3,6,15-16H,4-5,7H2. The number of aliphatic hydroxyl groups excluding tert-OH is 1. The molecule has 0 radical (unpaired) electrons. The van der Waals surface area contributed by atoms with Crippen LogP contribution in [0.1, 0.15) is 12.0 Å². The smallest absolute Gasteiger partial charge is 0.343 e. The summed E-state index contributed by atoms with van der Waals surface area (Å²) in [5.74, 6) is -0.398. The Balaban J connectivity index is 2.10. The molecule has 1 aromatic rings. The minimum Gasteiger partial charge on any atom is -0.507 e. The van der Waals surface area contributed by atoms with Crippen molar-refractivity contribution in [3.05, 3.63) is 40.1 Å². The van der Waals surface area contributed by atoms with Gasteiger partial charge in [-0.1, -0.05) is 28.1 Å². The second-order valence-electron chi connectivity index (χ2n) is 4.54. The number of esters is 1. The van der Waals surface area contributed by atoms with Gasteiger partial charge in [0.1, 0.15) is 5.57 Å². The van der Waals surface area contributed by atoms with Crippen LogP contribution in [0.5, 0.6) is 0 Å². The molecule has 2 aliphatic heterocycles. The molecule has 2 aliphatic rings. The van der Waals surface area contributed by atoms with Gasteiger partial charge in [-0.15, -0.1) is 0 Å². The van der Waals surface area contributed by atoms with Crippen molar-refractivity contribution in [1.82, 2.24) is 5.32 Å². The summed E-state index contributed by atoms with van der Waals surface area (Å²) < 4.78 is 6.25. The van der Waals surface area contributed by atoms with Crippen molar-refractivity contribution in [2.45, 2.75) is 12.0 Å². The van der Waals surface area contributed by atoms with E-state index in [-0.39, 0.29) is 11.3 Å². The molecular formula is C13H12BrNO3. The van der Waals surface area contributed by atoms with E-state index in [0.717, 1.165) is 11.0 Å². The number of carbonyl (C=O) groups excluding carboxylic acids is 1. The summed E-state index contributed by atoms with van der Waals surface area (Å²) in [5, 5.41) is 13.4. The van der Waals surface area contributed by atoms with Crippen LogP contribution in [-0.2, 0) is 9.53 Å². The van der Waals surface area contributed by atoms with Crippen molar-refractivity contribution in [1.29, 1.82) is 0 Å². The first-order chi connectivity index (χ1) is 8.62. The van der Waals surface area contributed by atoms with Crippen LogP contribution < -0.4 is 5.32 Å². The number of halogens is 1. The molecule has 2 heterocycles. The lowest BCUT2D eigenvalue weighted by Gasteiger charge is -2.20. The molecule has 2 N–H and O–H groups in total. The van der Waals surface area contributed by atoms with Gasteiger partial charge in [-0.3, -0.25) is 0 Å². The van der Waals surface area contributed by atoms with Crippen LogP contribution >= 0.6 is 15.9 Å². The highest BCUT2D eigenvalue weighted by atomic mass is 79.9. The maximum Gasteiger partial charge on any atom is 0.343 e. The maximum atomic E-state index is 12.0. The first kappa shape index (κ1) is 11.7. The number of aliphatic hydroxyl groups is 1. The van der Waals surface area contributed by atoms with E-state index < -0.39 is 11.6 Å². The van der Waals surface area contributed by atoms with Crippen LogP contribution in [0.15, 0.2) is 34.5 Å². The fourth-order valence-corrected chi connectivity index (χ4v) is 2.86. The zero-order valence-electron chi connectivity index (χ0n) is 9.57. The Hall–Kier alpha value is -1.33. The quantitative estimate of drug-likeness (QED) is 0.779. The molecule has 1 saturated heterocycles. The summed E-state index contributed by atoms with van der Waals surface area (Å²) in [4.78, 5) is 12.0. The van der Waals surface area contributed by atoms with Crippen molar-refractivity contribution >= 4 is 27.5 Å². The number of ether oxygens (including phenoxy) is 1. The Kier molecular flexibility index (Phi) is 2.68. The molecule has 1 aromatic carbocycles. The second kappa shape index (κ2) is 4.10. The molecular weight excluding hydrogens is 298 g/mol. The van der Waals surface area contributed by atoms with E-state index in [0.29, 0.717) is 18.5 Å². The van der Waals surface area contributed by atoms with Crippen LogP contribution in [-0.4, -0.2) is 29.8 Å². The topological polar surface area (TPSA) is 58.6 Å². The zero-order chi connectivity index (χ0) is 12.8. The normalized spacial score (nSPS) is 27.1. The summed E-state index contributed by atoms with van der Waals surface area (Å²) in [7, 11) is 0. The average molecular weight is 310 g/mol. The Morgan fingerprint density at radius 2 is 2.28 bits per heavy atom. The van der Waals surface area contributed by atoms with Gasteiger partial charge in [0.15, 0.2) is 11.4 Å².